The van der Waals surface area contributed by atoms with Crippen LogP contribution in [0.4, 0.5) is 4.79 Å². The van der Waals surface area contributed by atoms with Crippen molar-refractivity contribution in [1.82, 2.24) is 10.6 Å². The summed E-state index contributed by atoms with van der Waals surface area (Å²) in [6.07, 6.45) is 3.61. The van der Waals surface area contributed by atoms with Gasteiger partial charge in [-0.1, -0.05) is 6.07 Å². The molecule has 1 aromatic carbocycles. The minimum Gasteiger partial charge on any atom is -0.508 e. The summed E-state index contributed by atoms with van der Waals surface area (Å²) in [6.45, 7) is 5.60. The molecule has 1 saturated carbocycles. The summed E-state index contributed by atoms with van der Waals surface area (Å²) in [4.78, 5) is 11.7. The van der Waals surface area contributed by atoms with Crippen molar-refractivity contribution in [2.75, 3.05) is 0 Å². The number of carbonyl (C=O) groups excluding carboxylic acids is 1. The smallest absolute Gasteiger partial charge is 0.407 e. The second-order valence-corrected chi connectivity index (χ2v) is 7.65. The number of aromatic hydroxyl groups is 1. The van der Waals surface area contributed by atoms with Gasteiger partial charge in [-0.2, -0.15) is 0 Å². The van der Waals surface area contributed by atoms with E-state index in [0.29, 0.717) is 17.8 Å². The zero-order valence-electron chi connectivity index (χ0n) is 14.1. The van der Waals surface area contributed by atoms with E-state index in [1.165, 1.54) is 11.1 Å². The lowest BCUT2D eigenvalue weighted by Crippen LogP contribution is -2.53. The van der Waals surface area contributed by atoms with Crippen molar-refractivity contribution in [3.8, 4) is 5.75 Å². The number of hydrogen-bond acceptors (Lipinski definition) is 4. The standard InChI is InChI=1S/C18H26N2O3/c1-18(2,3)23-17(22)20-13-9-12(10-13)19-16-7-4-11-8-14(21)5-6-15(11)16/h5-6,8,12-13,16,19,21H,4,7,9-10H2,1-3H3,(H,20,22). The van der Waals surface area contributed by atoms with Gasteiger partial charge in [-0.05, 0) is 69.7 Å². The Bertz CT molecular complexity index is 588. The lowest BCUT2D eigenvalue weighted by atomic mass is 9.86. The molecule has 2 aliphatic carbocycles. The van der Waals surface area contributed by atoms with Crippen LogP contribution in [0.3, 0.4) is 0 Å². The molecule has 126 valence electrons. The Morgan fingerprint density at radius 3 is 2.70 bits per heavy atom. The van der Waals surface area contributed by atoms with Crippen LogP contribution < -0.4 is 10.6 Å². The molecule has 1 atom stereocenters. The number of phenols is 1. The molecule has 0 aliphatic heterocycles. The van der Waals surface area contributed by atoms with Crippen molar-refractivity contribution in [3.05, 3.63) is 29.3 Å². The van der Waals surface area contributed by atoms with Gasteiger partial charge in [-0.25, -0.2) is 4.79 Å². The SMILES string of the molecule is CC(C)(C)OC(=O)NC1CC(NC2CCc3cc(O)ccc32)C1. The maximum atomic E-state index is 11.7. The number of hydrogen-bond donors (Lipinski definition) is 3. The molecule has 1 fully saturated rings. The number of aryl methyl sites for hydroxylation is 1. The third-order valence-corrected chi connectivity index (χ3v) is 4.50. The Kier molecular flexibility index (Phi) is 4.23. The van der Waals surface area contributed by atoms with Crippen LogP contribution in [-0.4, -0.2) is 28.9 Å². The second-order valence-electron chi connectivity index (χ2n) is 7.65. The van der Waals surface area contributed by atoms with E-state index >= 15 is 0 Å². The lowest BCUT2D eigenvalue weighted by Gasteiger charge is -2.38. The molecule has 5 heteroatoms. The molecule has 0 radical (unpaired) electrons. The summed E-state index contributed by atoms with van der Waals surface area (Å²) in [6, 6.07) is 6.63. The number of alkyl carbamates (subject to hydrolysis) is 1. The van der Waals surface area contributed by atoms with Crippen molar-refractivity contribution >= 4 is 6.09 Å². The third-order valence-electron chi connectivity index (χ3n) is 4.50. The molecule has 0 spiro atoms. The normalized spacial score (nSPS) is 26.3. The molecule has 3 rings (SSSR count). The molecule has 0 aromatic heterocycles. The van der Waals surface area contributed by atoms with Gasteiger partial charge < -0.3 is 20.5 Å². The van der Waals surface area contributed by atoms with Gasteiger partial charge >= 0.3 is 6.09 Å². The van der Waals surface area contributed by atoms with Crippen molar-refractivity contribution in [2.24, 2.45) is 0 Å². The van der Waals surface area contributed by atoms with Gasteiger partial charge in [0, 0.05) is 18.1 Å². The van der Waals surface area contributed by atoms with E-state index in [4.69, 9.17) is 4.74 Å². The zero-order valence-corrected chi connectivity index (χ0v) is 14.1. The maximum absolute atomic E-state index is 11.7. The van der Waals surface area contributed by atoms with Gasteiger partial charge in [0.15, 0.2) is 0 Å². The minimum atomic E-state index is -0.454. The summed E-state index contributed by atoms with van der Waals surface area (Å²) in [7, 11) is 0. The number of amides is 1. The minimum absolute atomic E-state index is 0.197. The first-order valence-corrected chi connectivity index (χ1v) is 8.37. The van der Waals surface area contributed by atoms with Gasteiger partial charge in [-0.15, -0.1) is 0 Å². The molecular weight excluding hydrogens is 292 g/mol. The van der Waals surface area contributed by atoms with Crippen LogP contribution in [0.5, 0.6) is 5.75 Å². The summed E-state index contributed by atoms with van der Waals surface area (Å²) < 4.78 is 5.28. The molecule has 1 aromatic rings. The molecule has 0 heterocycles. The number of ether oxygens (including phenoxy) is 1. The van der Waals surface area contributed by atoms with E-state index in [1.54, 1.807) is 6.07 Å². The largest absolute Gasteiger partial charge is 0.508 e. The molecule has 5 nitrogen and oxygen atoms in total. The maximum Gasteiger partial charge on any atom is 0.407 e. The van der Waals surface area contributed by atoms with Crippen LogP contribution in [0, 0.1) is 0 Å². The number of nitrogens with one attached hydrogen (secondary N) is 2. The predicted octanol–water partition coefficient (Wildman–Crippen LogP) is 3.02. The van der Waals surface area contributed by atoms with Crippen LogP contribution in [0.1, 0.15) is 57.2 Å². The Hall–Kier alpha value is -1.75. The second kappa shape index (κ2) is 6.04. The molecule has 1 amide bonds. The van der Waals surface area contributed by atoms with Crippen LogP contribution in [0.25, 0.3) is 0 Å². The average molecular weight is 318 g/mol. The summed E-state index contributed by atoms with van der Waals surface area (Å²) in [5.41, 5.74) is 2.08. The highest BCUT2D eigenvalue weighted by atomic mass is 16.6. The zero-order chi connectivity index (χ0) is 16.6. The van der Waals surface area contributed by atoms with Gasteiger partial charge in [0.25, 0.3) is 0 Å². The van der Waals surface area contributed by atoms with Crippen LogP contribution in [0.15, 0.2) is 18.2 Å². The summed E-state index contributed by atoms with van der Waals surface area (Å²) >= 11 is 0. The van der Waals surface area contributed by atoms with E-state index in [9.17, 15) is 9.90 Å². The van der Waals surface area contributed by atoms with Crippen LogP contribution in [-0.2, 0) is 11.2 Å². The van der Waals surface area contributed by atoms with E-state index < -0.39 is 5.60 Å². The lowest BCUT2D eigenvalue weighted by molar-refractivity contribution is 0.0463. The first-order chi connectivity index (χ1) is 10.8. The number of phenolic OH excluding ortho intramolecular Hbond substituents is 1. The van der Waals surface area contributed by atoms with Gasteiger partial charge in [0.05, 0.1) is 0 Å². The highest BCUT2D eigenvalue weighted by Crippen LogP contribution is 2.35. The van der Waals surface area contributed by atoms with Crippen molar-refractivity contribution in [3.63, 3.8) is 0 Å². The fourth-order valence-corrected chi connectivity index (χ4v) is 3.41. The Balaban J connectivity index is 1.44. The highest BCUT2D eigenvalue weighted by molar-refractivity contribution is 5.68. The van der Waals surface area contributed by atoms with E-state index in [0.717, 1.165) is 25.7 Å². The monoisotopic (exact) mass is 318 g/mol. The highest BCUT2D eigenvalue weighted by Gasteiger charge is 2.34. The van der Waals surface area contributed by atoms with Gasteiger partial charge in [0.2, 0.25) is 0 Å². The number of fused-ring (bicyclic) bond motifs is 1. The summed E-state index contributed by atoms with van der Waals surface area (Å²) in [5, 5.41) is 16.1. The topological polar surface area (TPSA) is 70.6 Å². The molecule has 1 unspecified atom stereocenters. The van der Waals surface area contributed by atoms with E-state index in [1.807, 2.05) is 32.9 Å². The van der Waals surface area contributed by atoms with Crippen molar-refractivity contribution in [2.45, 2.75) is 70.2 Å². The van der Waals surface area contributed by atoms with Gasteiger partial charge in [0.1, 0.15) is 11.4 Å². The Morgan fingerprint density at radius 2 is 2.00 bits per heavy atom. The molecule has 0 bridgehead atoms. The van der Waals surface area contributed by atoms with Crippen molar-refractivity contribution in [1.29, 1.82) is 0 Å². The number of benzene rings is 1. The fourth-order valence-electron chi connectivity index (χ4n) is 3.41. The fraction of sp³-hybridized carbons (Fsp3) is 0.611. The quantitative estimate of drug-likeness (QED) is 0.801. The molecular formula is C18H26N2O3. The van der Waals surface area contributed by atoms with Gasteiger partial charge in [-0.3, -0.25) is 0 Å². The molecule has 3 N–H and O–H groups in total. The first-order valence-electron chi connectivity index (χ1n) is 8.37. The Morgan fingerprint density at radius 1 is 1.26 bits per heavy atom. The first kappa shape index (κ1) is 16.1. The van der Waals surface area contributed by atoms with E-state index in [2.05, 4.69) is 10.6 Å². The third kappa shape index (κ3) is 3.96. The Labute approximate surface area is 137 Å². The van der Waals surface area contributed by atoms with Crippen LogP contribution >= 0.6 is 0 Å². The summed E-state index contributed by atoms with van der Waals surface area (Å²) in [5.74, 6) is 0.342. The average Bonchev–Trinajstić information content (AvgIpc) is 2.76. The number of carbonyl (C=O) groups is 1. The van der Waals surface area contributed by atoms with E-state index in [-0.39, 0.29) is 12.1 Å². The van der Waals surface area contributed by atoms with Crippen LogP contribution in [0.2, 0.25) is 0 Å². The molecule has 23 heavy (non-hydrogen) atoms. The molecule has 0 saturated heterocycles. The molecule has 2 aliphatic rings. The number of rotatable bonds is 3. The predicted molar refractivity (Wildman–Crippen MR) is 88.5 cm³/mol. The van der Waals surface area contributed by atoms with Crippen molar-refractivity contribution < 1.29 is 14.6 Å².